The molecule has 2 atom stereocenters. The number of benzene rings is 1. The van der Waals surface area contributed by atoms with Crippen molar-refractivity contribution in [3.8, 4) is 0 Å². The number of nitrogens with one attached hydrogen (secondary N) is 1. The fourth-order valence-electron chi connectivity index (χ4n) is 3.34. The van der Waals surface area contributed by atoms with Crippen LogP contribution in [0.1, 0.15) is 18.9 Å². The third kappa shape index (κ3) is 6.50. The van der Waals surface area contributed by atoms with E-state index in [1.54, 1.807) is 11.8 Å². The van der Waals surface area contributed by atoms with Crippen LogP contribution in [0, 0.1) is 0 Å². The van der Waals surface area contributed by atoms with Crippen LogP contribution in [0.5, 0.6) is 0 Å². The zero-order valence-electron chi connectivity index (χ0n) is 17.3. The highest BCUT2D eigenvalue weighted by molar-refractivity contribution is 8.01. The van der Waals surface area contributed by atoms with Crippen LogP contribution in [0.4, 0.5) is 0 Å². The number of ether oxygens (including phenoxy) is 1. The first-order chi connectivity index (χ1) is 15.2. The number of hydrogen-bond donors (Lipinski definition) is 1. The Bertz CT molecular complexity index is 893. The summed E-state index contributed by atoms with van der Waals surface area (Å²) in [4.78, 5) is 39.7. The minimum Gasteiger partial charge on any atom is -0.456 e. The highest BCUT2D eigenvalue weighted by Crippen LogP contribution is 2.41. The van der Waals surface area contributed by atoms with Crippen LogP contribution in [-0.2, 0) is 25.5 Å². The zero-order valence-corrected chi connectivity index (χ0v) is 21.2. The number of fused-ring (bicyclic) bond motifs is 1. The number of thioether (sulfide) groups is 2. The van der Waals surface area contributed by atoms with Crippen molar-refractivity contribution in [1.82, 2.24) is 10.2 Å². The van der Waals surface area contributed by atoms with Crippen molar-refractivity contribution in [2.45, 2.75) is 35.0 Å². The summed E-state index contributed by atoms with van der Waals surface area (Å²) in [7, 11) is 0. The molecule has 32 heavy (non-hydrogen) atoms. The number of rotatable bonds is 9. The van der Waals surface area contributed by atoms with Crippen molar-refractivity contribution >= 4 is 76.1 Å². The van der Waals surface area contributed by atoms with Gasteiger partial charge in [-0.05, 0) is 23.3 Å². The molecular formula is C21H23Cl3N2O4S2. The average Bonchev–Trinajstić information content (AvgIpc) is 2.75. The van der Waals surface area contributed by atoms with Crippen LogP contribution >= 0.6 is 58.3 Å². The van der Waals surface area contributed by atoms with E-state index < -0.39 is 22.4 Å². The number of amides is 2. The Morgan fingerprint density at radius 3 is 2.66 bits per heavy atom. The molecule has 0 aliphatic carbocycles. The van der Waals surface area contributed by atoms with Gasteiger partial charge in [0.2, 0.25) is 9.70 Å². The molecule has 0 saturated carbocycles. The lowest BCUT2D eigenvalue weighted by Crippen LogP contribution is -2.70. The molecule has 174 valence electrons. The summed E-state index contributed by atoms with van der Waals surface area (Å²) in [5, 5.41) is 2.43. The van der Waals surface area contributed by atoms with Crippen LogP contribution in [0.3, 0.4) is 0 Å². The highest BCUT2D eigenvalue weighted by Gasteiger charge is 2.54. The summed E-state index contributed by atoms with van der Waals surface area (Å²) < 4.78 is 3.44. The quantitative estimate of drug-likeness (QED) is 0.223. The van der Waals surface area contributed by atoms with E-state index in [1.807, 2.05) is 30.3 Å². The van der Waals surface area contributed by atoms with E-state index >= 15 is 0 Å². The molecule has 1 aromatic carbocycles. The molecule has 3 rings (SSSR count). The van der Waals surface area contributed by atoms with E-state index in [1.165, 1.54) is 16.7 Å². The third-order valence-electron chi connectivity index (χ3n) is 4.76. The van der Waals surface area contributed by atoms with Gasteiger partial charge >= 0.3 is 5.97 Å². The molecule has 0 spiro atoms. The monoisotopic (exact) mass is 536 g/mol. The number of carbonyl (C=O) groups excluding carboxylic acids is 3. The zero-order chi connectivity index (χ0) is 23.3. The fourth-order valence-corrected chi connectivity index (χ4v) is 5.90. The fraction of sp³-hybridized carbons (Fsp3) is 0.476. The molecule has 1 aromatic rings. The Morgan fingerprint density at radius 1 is 1.28 bits per heavy atom. The smallest absolute Gasteiger partial charge is 0.355 e. The molecule has 11 heteroatoms. The second-order valence-electron chi connectivity index (χ2n) is 7.31. The standard InChI is InChI=1S/C21H23Cl3N2O4S2/c1-2-8-31-10-14-11-32-19-16(25-15(27)9-13-6-4-3-5-7-13)18(28)26(19)17(14)20(29)30-12-21(22,23)24/h3-7,16,19H,2,8-12H2,1H3,(H,25,27)/t16-,19-/m1/s1. The molecular weight excluding hydrogens is 515 g/mol. The van der Waals surface area contributed by atoms with Crippen molar-refractivity contribution in [1.29, 1.82) is 0 Å². The molecule has 2 aliphatic heterocycles. The maximum atomic E-state index is 12.9. The number of esters is 1. The number of carbonyl (C=O) groups is 3. The van der Waals surface area contributed by atoms with Gasteiger partial charge in [-0.25, -0.2) is 4.79 Å². The van der Waals surface area contributed by atoms with Gasteiger partial charge in [0.1, 0.15) is 23.7 Å². The maximum absolute atomic E-state index is 12.9. The van der Waals surface area contributed by atoms with Gasteiger partial charge < -0.3 is 10.1 Å². The minimum absolute atomic E-state index is 0.175. The average molecular weight is 538 g/mol. The molecule has 6 nitrogen and oxygen atoms in total. The molecule has 0 aromatic heterocycles. The van der Waals surface area contributed by atoms with Crippen LogP contribution in [0.2, 0.25) is 0 Å². The maximum Gasteiger partial charge on any atom is 0.355 e. The first kappa shape index (κ1) is 25.6. The summed E-state index contributed by atoms with van der Waals surface area (Å²) in [6.07, 6.45) is 1.17. The second-order valence-corrected chi connectivity index (χ2v) is 12.0. The van der Waals surface area contributed by atoms with Crippen molar-refractivity contribution < 1.29 is 19.1 Å². The van der Waals surface area contributed by atoms with Gasteiger partial charge in [0, 0.05) is 11.5 Å². The number of β-lactam (4-membered cyclic amide) rings is 1. The molecule has 0 radical (unpaired) electrons. The molecule has 0 bridgehead atoms. The minimum atomic E-state index is -1.75. The lowest BCUT2D eigenvalue weighted by Gasteiger charge is -2.49. The van der Waals surface area contributed by atoms with Crippen molar-refractivity contribution in [3.63, 3.8) is 0 Å². The van der Waals surface area contributed by atoms with E-state index in [4.69, 9.17) is 39.5 Å². The van der Waals surface area contributed by atoms with E-state index in [9.17, 15) is 14.4 Å². The van der Waals surface area contributed by atoms with Gasteiger partial charge in [-0.1, -0.05) is 72.1 Å². The second kappa shape index (κ2) is 11.4. The Morgan fingerprint density at radius 2 is 2.00 bits per heavy atom. The molecule has 1 N–H and O–H groups in total. The predicted octanol–water partition coefficient (Wildman–Crippen LogP) is 3.94. The van der Waals surface area contributed by atoms with E-state index in [0.29, 0.717) is 11.5 Å². The SMILES string of the molecule is CCCSCC1=C(C(=O)OCC(Cl)(Cl)Cl)N2C(=O)[C@@H](NC(=O)Cc3ccccc3)[C@H]2SC1. The van der Waals surface area contributed by atoms with Gasteiger partial charge in [-0.15, -0.1) is 11.8 Å². The summed E-state index contributed by atoms with van der Waals surface area (Å²) in [6, 6.07) is 8.59. The van der Waals surface area contributed by atoms with Gasteiger partial charge in [-0.3, -0.25) is 14.5 Å². The molecule has 2 heterocycles. The van der Waals surface area contributed by atoms with Crippen LogP contribution < -0.4 is 5.32 Å². The molecule has 2 aliphatic rings. The van der Waals surface area contributed by atoms with Gasteiger partial charge in [0.25, 0.3) is 5.91 Å². The number of nitrogens with zero attached hydrogens (tertiary/aromatic N) is 1. The number of alkyl halides is 3. The first-order valence-corrected chi connectivity index (χ1v) is 13.4. The first-order valence-electron chi connectivity index (χ1n) is 10.0. The summed E-state index contributed by atoms with van der Waals surface area (Å²) in [5.74, 6) is 0.789. The largest absolute Gasteiger partial charge is 0.456 e. The van der Waals surface area contributed by atoms with Crippen LogP contribution in [-0.4, -0.2) is 61.8 Å². The number of halogens is 3. The molecule has 1 saturated heterocycles. The van der Waals surface area contributed by atoms with Crippen molar-refractivity contribution in [3.05, 3.63) is 47.2 Å². The molecule has 0 unspecified atom stereocenters. The number of hydrogen-bond acceptors (Lipinski definition) is 6. The predicted molar refractivity (Wildman–Crippen MR) is 131 cm³/mol. The third-order valence-corrected chi connectivity index (χ3v) is 7.67. The Balaban J connectivity index is 1.71. The van der Waals surface area contributed by atoms with Crippen LogP contribution in [0.15, 0.2) is 41.6 Å². The van der Waals surface area contributed by atoms with Gasteiger partial charge in [0.05, 0.1) is 6.42 Å². The lowest BCUT2D eigenvalue weighted by molar-refractivity contribution is -0.152. The van der Waals surface area contributed by atoms with E-state index in [2.05, 4.69) is 12.2 Å². The summed E-state index contributed by atoms with van der Waals surface area (Å²) >= 11 is 20.3. The lowest BCUT2D eigenvalue weighted by atomic mass is 10.0. The van der Waals surface area contributed by atoms with E-state index in [-0.39, 0.29) is 29.3 Å². The van der Waals surface area contributed by atoms with E-state index in [0.717, 1.165) is 23.3 Å². The van der Waals surface area contributed by atoms with Gasteiger partial charge in [-0.2, -0.15) is 11.8 Å². The van der Waals surface area contributed by atoms with Crippen molar-refractivity contribution in [2.75, 3.05) is 23.9 Å². The highest BCUT2D eigenvalue weighted by atomic mass is 35.6. The normalized spacial score (nSPS) is 20.5. The van der Waals surface area contributed by atoms with Crippen molar-refractivity contribution in [2.24, 2.45) is 0 Å². The summed E-state index contributed by atoms with van der Waals surface area (Å²) in [6.45, 7) is 1.65. The Labute approximate surface area is 210 Å². The molecule has 1 fully saturated rings. The molecule has 2 amide bonds. The Kier molecular flexibility index (Phi) is 9.09. The van der Waals surface area contributed by atoms with Gasteiger partial charge in [0.15, 0.2) is 0 Å². The topological polar surface area (TPSA) is 75.7 Å². The van der Waals surface area contributed by atoms with Crippen LogP contribution in [0.25, 0.3) is 0 Å². The summed E-state index contributed by atoms with van der Waals surface area (Å²) in [5.41, 5.74) is 1.86. The Hall–Kier alpha value is -1.06.